The van der Waals surface area contributed by atoms with Gasteiger partial charge < -0.3 is 5.73 Å². The molecule has 1 aliphatic heterocycles. The van der Waals surface area contributed by atoms with Crippen LogP contribution in [0.3, 0.4) is 0 Å². The van der Waals surface area contributed by atoms with Crippen molar-refractivity contribution in [3.05, 3.63) is 29.8 Å². The van der Waals surface area contributed by atoms with Gasteiger partial charge in [0.2, 0.25) is 10.0 Å². The molecule has 9 heteroatoms. The highest BCUT2D eigenvalue weighted by atomic mass is 35.5. The SMILES string of the molecule is CS(=O)(=O)Cc1ccc(S(=O)(=O)N2CCC(CN)CC2)cc1.Cl. The van der Waals surface area contributed by atoms with Gasteiger partial charge in [-0.05, 0) is 43.0 Å². The summed E-state index contributed by atoms with van der Waals surface area (Å²) in [6.07, 6.45) is 2.71. The third-order valence-electron chi connectivity index (χ3n) is 3.90. The minimum absolute atomic E-state index is 0. The highest BCUT2D eigenvalue weighted by Crippen LogP contribution is 2.23. The zero-order chi connectivity index (χ0) is 16.4. The summed E-state index contributed by atoms with van der Waals surface area (Å²) in [4.78, 5) is 0.205. The van der Waals surface area contributed by atoms with Crippen LogP contribution >= 0.6 is 12.4 Å². The summed E-state index contributed by atoms with van der Waals surface area (Å²) >= 11 is 0. The molecule has 6 nitrogen and oxygen atoms in total. The Morgan fingerprint density at radius 2 is 1.61 bits per heavy atom. The van der Waals surface area contributed by atoms with E-state index in [4.69, 9.17) is 5.73 Å². The van der Waals surface area contributed by atoms with Gasteiger partial charge >= 0.3 is 0 Å². The topological polar surface area (TPSA) is 97.5 Å². The van der Waals surface area contributed by atoms with E-state index in [1.165, 1.54) is 16.4 Å². The number of rotatable bonds is 5. The fourth-order valence-corrected chi connectivity index (χ4v) is 4.86. The van der Waals surface area contributed by atoms with E-state index in [0.717, 1.165) is 19.1 Å². The minimum atomic E-state index is -3.51. The van der Waals surface area contributed by atoms with Gasteiger partial charge in [0.25, 0.3) is 0 Å². The molecule has 132 valence electrons. The fourth-order valence-electron chi connectivity index (χ4n) is 2.59. The van der Waals surface area contributed by atoms with Crippen LogP contribution in [0.25, 0.3) is 0 Å². The maximum atomic E-state index is 12.6. The lowest BCUT2D eigenvalue weighted by Crippen LogP contribution is -2.40. The summed E-state index contributed by atoms with van der Waals surface area (Å²) < 4.78 is 49.1. The normalized spacial score (nSPS) is 17.7. The highest BCUT2D eigenvalue weighted by molar-refractivity contribution is 7.90. The first-order valence-electron chi connectivity index (χ1n) is 7.19. The van der Waals surface area contributed by atoms with Gasteiger partial charge in [-0.1, -0.05) is 12.1 Å². The van der Waals surface area contributed by atoms with Crippen LogP contribution in [0.1, 0.15) is 18.4 Å². The molecule has 2 rings (SSSR count). The van der Waals surface area contributed by atoms with Gasteiger partial charge in [-0.25, -0.2) is 16.8 Å². The second kappa shape index (κ2) is 7.94. The number of sulfonamides is 1. The smallest absolute Gasteiger partial charge is 0.243 e. The molecule has 0 unspecified atom stereocenters. The van der Waals surface area contributed by atoms with Crippen molar-refractivity contribution in [1.29, 1.82) is 0 Å². The van der Waals surface area contributed by atoms with E-state index in [1.54, 1.807) is 12.1 Å². The van der Waals surface area contributed by atoms with Crippen molar-refractivity contribution in [2.75, 3.05) is 25.9 Å². The van der Waals surface area contributed by atoms with Crippen molar-refractivity contribution in [3.63, 3.8) is 0 Å². The quantitative estimate of drug-likeness (QED) is 0.819. The number of hydrogen-bond acceptors (Lipinski definition) is 5. The molecule has 0 atom stereocenters. The van der Waals surface area contributed by atoms with Crippen LogP contribution in [0.2, 0.25) is 0 Å². The lowest BCUT2D eigenvalue weighted by atomic mass is 9.99. The summed E-state index contributed by atoms with van der Waals surface area (Å²) in [5.74, 6) is 0.304. The molecule has 0 radical (unpaired) electrons. The third kappa shape index (κ3) is 5.42. The van der Waals surface area contributed by atoms with Gasteiger partial charge in [0, 0.05) is 19.3 Å². The van der Waals surface area contributed by atoms with Gasteiger partial charge in [-0.3, -0.25) is 0 Å². The molecule has 0 amide bonds. The Labute approximate surface area is 144 Å². The van der Waals surface area contributed by atoms with E-state index in [2.05, 4.69) is 0 Å². The largest absolute Gasteiger partial charge is 0.330 e. The van der Waals surface area contributed by atoms with Crippen LogP contribution in [0.4, 0.5) is 0 Å². The van der Waals surface area contributed by atoms with Crippen LogP contribution in [0.15, 0.2) is 29.2 Å². The van der Waals surface area contributed by atoms with Gasteiger partial charge in [0.15, 0.2) is 9.84 Å². The Hall–Kier alpha value is -0.670. The lowest BCUT2D eigenvalue weighted by Gasteiger charge is -2.30. The van der Waals surface area contributed by atoms with Crippen molar-refractivity contribution in [3.8, 4) is 0 Å². The lowest BCUT2D eigenvalue weighted by molar-refractivity contribution is 0.278. The highest BCUT2D eigenvalue weighted by Gasteiger charge is 2.28. The van der Waals surface area contributed by atoms with E-state index < -0.39 is 19.9 Å². The molecule has 1 fully saturated rings. The van der Waals surface area contributed by atoms with Crippen LogP contribution in [-0.4, -0.2) is 47.0 Å². The maximum absolute atomic E-state index is 12.6. The number of benzene rings is 1. The van der Waals surface area contributed by atoms with Crippen molar-refractivity contribution in [1.82, 2.24) is 4.31 Å². The van der Waals surface area contributed by atoms with Crippen LogP contribution < -0.4 is 5.73 Å². The average Bonchev–Trinajstić information content (AvgIpc) is 2.46. The summed E-state index contributed by atoms with van der Waals surface area (Å²) in [6.45, 7) is 1.55. The first kappa shape index (κ1) is 20.4. The Morgan fingerprint density at radius 1 is 1.09 bits per heavy atom. The molecule has 0 aliphatic carbocycles. The molecule has 2 N–H and O–H groups in total. The monoisotopic (exact) mass is 382 g/mol. The number of halogens is 1. The Kier molecular flexibility index (Phi) is 7.03. The maximum Gasteiger partial charge on any atom is 0.243 e. The molecular weight excluding hydrogens is 360 g/mol. The average molecular weight is 383 g/mol. The van der Waals surface area contributed by atoms with E-state index in [-0.39, 0.29) is 23.1 Å². The minimum Gasteiger partial charge on any atom is -0.330 e. The molecule has 0 aromatic heterocycles. The van der Waals surface area contributed by atoms with Crippen LogP contribution in [-0.2, 0) is 25.6 Å². The Bertz CT molecular complexity index is 710. The van der Waals surface area contributed by atoms with Gasteiger partial charge in [-0.2, -0.15) is 4.31 Å². The summed E-state index contributed by atoms with van der Waals surface area (Å²) in [6, 6.07) is 6.07. The number of piperidine rings is 1. The van der Waals surface area contributed by atoms with E-state index in [1.807, 2.05) is 0 Å². The number of nitrogens with two attached hydrogens (primary N) is 1. The molecular formula is C14H23ClN2O4S2. The molecule has 1 heterocycles. The first-order valence-corrected chi connectivity index (χ1v) is 10.7. The van der Waals surface area contributed by atoms with Crippen molar-refractivity contribution >= 4 is 32.3 Å². The van der Waals surface area contributed by atoms with Gasteiger partial charge in [0.05, 0.1) is 10.6 Å². The van der Waals surface area contributed by atoms with E-state index in [0.29, 0.717) is 31.1 Å². The molecule has 1 aliphatic rings. The molecule has 1 aromatic carbocycles. The summed E-state index contributed by atoms with van der Waals surface area (Å²) in [7, 11) is -6.64. The number of sulfone groups is 1. The number of nitrogens with zero attached hydrogens (tertiary/aromatic N) is 1. The predicted molar refractivity (Wildman–Crippen MR) is 92.8 cm³/mol. The van der Waals surface area contributed by atoms with Gasteiger partial charge in [0.1, 0.15) is 0 Å². The molecule has 0 saturated carbocycles. The fraction of sp³-hybridized carbons (Fsp3) is 0.571. The van der Waals surface area contributed by atoms with Crippen molar-refractivity contribution < 1.29 is 16.8 Å². The molecule has 1 saturated heterocycles. The second-order valence-corrected chi connectivity index (χ2v) is 9.88. The zero-order valence-corrected chi connectivity index (χ0v) is 15.5. The standard InChI is InChI=1S/C14H22N2O4S2.ClH/c1-21(17,18)11-13-2-4-14(5-3-13)22(19,20)16-8-6-12(10-15)7-9-16;/h2-5,12H,6-11,15H2,1H3;1H. The molecule has 1 aromatic rings. The van der Waals surface area contributed by atoms with E-state index in [9.17, 15) is 16.8 Å². The van der Waals surface area contributed by atoms with Crippen LogP contribution in [0, 0.1) is 5.92 Å². The third-order valence-corrected chi connectivity index (χ3v) is 6.67. The van der Waals surface area contributed by atoms with Crippen molar-refractivity contribution in [2.45, 2.75) is 23.5 Å². The summed E-state index contributed by atoms with van der Waals surface area (Å²) in [5, 5.41) is 0. The zero-order valence-electron chi connectivity index (χ0n) is 13.0. The van der Waals surface area contributed by atoms with Crippen LogP contribution in [0.5, 0.6) is 0 Å². The van der Waals surface area contributed by atoms with Gasteiger partial charge in [-0.15, -0.1) is 12.4 Å². The Balaban J connectivity index is 0.00000264. The Morgan fingerprint density at radius 3 is 2.04 bits per heavy atom. The molecule has 23 heavy (non-hydrogen) atoms. The predicted octanol–water partition coefficient (Wildman–Crippen LogP) is 1.01. The summed E-state index contributed by atoms with van der Waals surface area (Å²) in [5.41, 5.74) is 6.21. The van der Waals surface area contributed by atoms with E-state index >= 15 is 0 Å². The van der Waals surface area contributed by atoms with Crippen molar-refractivity contribution in [2.24, 2.45) is 11.7 Å². The molecule has 0 spiro atoms. The number of hydrogen-bond donors (Lipinski definition) is 1. The molecule has 0 bridgehead atoms. The first-order chi connectivity index (χ1) is 10.2. The second-order valence-electron chi connectivity index (χ2n) is 5.80.